The SMILES string of the molecule is C=C(C)C(=O)OCCP(N)(CCCC)(CCCC)CCCC. The van der Waals surface area contributed by atoms with Crippen LogP contribution in [0.1, 0.15) is 66.2 Å². The summed E-state index contributed by atoms with van der Waals surface area (Å²) in [5.74, 6) is -0.286. The molecule has 0 spiro atoms. The Balaban J connectivity index is 4.97. The molecule has 0 unspecified atom stereocenters. The van der Waals surface area contributed by atoms with Crippen LogP contribution in [-0.4, -0.2) is 37.2 Å². The minimum atomic E-state index is -2.25. The quantitative estimate of drug-likeness (QED) is 0.296. The summed E-state index contributed by atoms with van der Waals surface area (Å²) < 4.78 is 5.38. The first-order valence-corrected chi connectivity index (χ1v) is 12.0. The van der Waals surface area contributed by atoms with E-state index in [4.69, 9.17) is 10.2 Å². The van der Waals surface area contributed by atoms with Crippen molar-refractivity contribution in [3.8, 4) is 0 Å². The molecule has 0 fully saturated rings. The van der Waals surface area contributed by atoms with E-state index in [1.54, 1.807) is 6.92 Å². The van der Waals surface area contributed by atoms with Gasteiger partial charge in [-0.15, -0.1) is 0 Å². The van der Waals surface area contributed by atoms with E-state index < -0.39 is 6.75 Å². The van der Waals surface area contributed by atoms with Gasteiger partial charge in [0.15, 0.2) is 0 Å². The van der Waals surface area contributed by atoms with Gasteiger partial charge in [0.05, 0.1) is 0 Å². The van der Waals surface area contributed by atoms with Crippen molar-refractivity contribution >= 4 is 12.7 Å². The summed E-state index contributed by atoms with van der Waals surface area (Å²) in [5, 5.41) is 0. The van der Waals surface area contributed by atoms with Gasteiger partial charge in [-0.25, -0.2) is 0 Å². The Morgan fingerprint density at radius 2 is 1.36 bits per heavy atom. The van der Waals surface area contributed by atoms with Gasteiger partial charge in [-0.1, -0.05) is 0 Å². The molecule has 0 aliphatic carbocycles. The first-order valence-electron chi connectivity index (χ1n) is 8.94. The van der Waals surface area contributed by atoms with Gasteiger partial charge >= 0.3 is 137 Å². The second-order valence-electron chi connectivity index (χ2n) is 6.94. The first kappa shape index (κ1) is 21.6. The van der Waals surface area contributed by atoms with Crippen molar-refractivity contribution in [3.63, 3.8) is 0 Å². The van der Waals surface area contributed by atoms with Crippen LogP contribution in [0.4, 0.5) is 0 Å². The summed E-state index contributed by atoms with van der Waals surface area (Å²) >= 11 is 0. The molecule has 0 aliphatic heterocycles. The van der Waals surface area contributed by atoms with Crippen molar-refractivity contribution in [3.05, 3.63) is 12.2 Å². The van der Waals surface area contributed by atoms with Crippen LogP contribution < -0.4 is 5.50 Å². The zero-order valence-corrected chi connectivity index (χ0v) is 16.2. The van der Waals surface area contributed by atoms with E-state index in [0.29, 0.717) is 12.2 Å². The van der Waals surface area contributed by atoms with E-state index in [9.17, 15) is 4.79 Å². The van der Waals surface area contributed by atoms with Crippen LogP contribution in [-0.2, 0) is 9.53 Å². The Morgan fingerprint density at radius 1 is 0.955 bits per heavy atom. The molecule has 4 heteroatoms. The molecule has 0 rings (SSSR count). The average Bonchev–Trinajstić information content (AvgIpc) is 2.49. The van der Waals surface area contributed by atoms with Crippen LogP contribution >= 0.6 is 6.75 Å². The summed E-state index contributed by atoms with van der Waals surface area (Å²) in [6.45, 7) is 10.2. The molecule has 0 saturated heterocycles. The van der Waals surface area contributed by atoms with Crippen LogP contribution in [0.5, 0.6) is 0 Å². The number of hydrogen-bond donors (Lipinski definition) is 1. The van der Waals surface area contributed by atoms with Gasteiger partial charge in [-0.05, 0) is 0 Å². The van der Waals surface area contributed by atoms with Gasteiger partial charge in [-0.2, -0.15) is 0 Å². The molecular weight excluding hydrogens is 293 g/mol. The first-order chi connectivity index (χ1) is 10.3. The van der Waals surface area contributed by atoms with Gasteiger partial charge in [0.1, 0.15) is 0 Å². The number of hydrogen-bond acceptors (Lipinski definition) is 3. The van der Waals surface area contributed by atoms with Crippen molar-refractivity contribution in [2.24, 2.45) is 5.50 Å². The number of nitrogens with two attached hydrogens (primary N) is 1. The van der Waals surface area contributed by atoms with Gasteiger partial charge in [-0.3, -0.25) is 0 Å². The van der Waals surface area contributed by atoms with Gasteiger partial charge in [0, 0.05) is 0 Å². The monoisotopic (exact) mass is 331 g/mol. The fraction of sp³-hybridized carbons (Fsp3) is 0.833. The second kappa shape index (κ2) is 10.4. The van der Waals surface area contributed by atoms with Gasteiger partial charge < -0.3 is 0 Å². The number of carbonyl (C=O) groups excluding carboxylic acids is 1. The second-order valence-corrected chi connectivity index (χ2v) is 12.9. The topological polar surface area (TPSA) is 52.3 Å². The number of carbonyl (C=O) groups is 1. The van der Waals surface area contributed by atoms with Crippen molar-refractivity contribution in [2.45, 2.75) is 66.2 Å². The third-order valence-corrected chi connectivity index (χ3v) is 10.6. The van der Waals surface area contributed by atoms with Crippen LogP contribution in [0.2, 0.25) is 0 Å². The molecule has 0 bridgehead atoms. The Bertz CT molecular complexity index is 330. The average molecular weight is 331 g/mol. The van der Waals surface area contributed by atoms with Crippen molar-refractivity contribution in [2.75, 3.05) is 31.3 Å². The Hall–Kier alpha value is -0.400. The zero-order valence-electron chi connectivity index (χ0n) is 15.3. The maximum absolute atomic E-state index is 11.6. The molecule has 0 amide bonds. The molecule has 22 heavy (non-hydrogen) atoms. The van der Waals surface area contributed by atoms with E-state index in [1.807, 2.05) is 0 Å². The Labute approximate surface area is 138 Å². The van der Waals surface area contributed by atoms with Crippen LogP contribution in [0, 0.1) is 0 Å². The van der Waals surface area contributed by atoms with E-state index in [0.717, 1.165) is 24.6 Å². The number of unbranched alkanes of at least 4 members (excludes halogenated alkanes) is 3. The standard InChI is InChI=1S/C18H38NO2P/c1-6-9-13-22(19,14-10-7-2,15-11-8-3)16-12-21-18(20)17(4)5/h4,6-16,19H2,1-3,5H3. The molecule has 3 nitrogen and oxygen atoms in total. The van der Waals surface area contributed by atoms with Crippen LogP contribution in [0.25, 0.3) is 0 Å². The number of rotatable bonds is 13. The van der Waals surface area contributed by atoms with Crippen molar-refractivity contribution in [1.29, 1.82) is 0 Å². The van der Waals surface area contributed by atoms with E-state index >= 15 is 0 Å². The predicted molar refractivity (Wildman–Crippen MR) is 101 cm³/mol. The van der Waals surface area contributed by atoms with E-state index in [1.165, 1.54) is 38.5 Å². The molecule has 132 valence electrons. The summed E-state index contributed by atoms with van der Waals surface area (Å²) in [6, 6.07) is 0. The molecular formula is C18H38NO2P. The third-order valence-electron chi connectivity index (χ3n) is 4.62. The summed E-state index contributed by atoms with van der Waals surface area (Å²) in [6.07, 6.45) is 11.4. The van der Waals surface area contributed by atoms with Crippen molar-refractivity contribution < 1.29 is 9.53 Å². The summed E-state index contributed by atoms with van der Waals surface area (Å²) in [5.41, 5.74) is 7.63. The Kier molecular flexibility index (Phi) is 10.2. The van der Waals surface area contributed by atoms with E-state index in [2.05, 4.69) is 27.4 Å². The minimum absolute atomic E-state index is 0.286. The molecule has 0 aromatic heterocycles. The van der Waals surface area contributed by atoms with E-state index in [-0.39, 0.29) is 5.97 Å². The number of ether oxygens (including phenoxy) is 1. The molecule has 2 N–H and O–H groups in total. The predicted octanol–water partition coefficient (Wildman–Crippen LogP) is 4.93. The fourth-order valence-corrected chi connectivity index (χ4v) is 8.37. The molecule has 0 aliphatic rings. The summed E-state index contributed by atoms with van der Waals surface area (Å²) in [7, 11) is 0. The van der Waals surface area contributed by atoms with Gasteiger partial charge in [0.25, 0.3) is 0 Å². The molecule has 0 heterocycles. The molecule has 0 aromatic carbocycles. The normalized spacial score (nSPS) is 13.4. The zero-order chi connectivity index (χ0) is 17.1. The third kappa shape index (κ3) is 7.74. The molecule has 0 saturated carbocycles. The fourth-order valence-electron chi connectivity index (χ4n) is 2.93. The van der Waals surface area contributed by atoms with Crippen molar-refractivity contribution in [1.82, 2.24) is 0 Å². The number of esters is 1. The van der Waals surface area contributed by atoms with Crippen LogP contribution in [0.15, 0.2) is 12.2 Å². The summed E-state index contributed by atoms with van der Waals surface area (Å²) in [4.78, 5) is 11.6. The molecule has 0 atom stereocenters. The molecule has 0 radical (unpaired) electrons. The maximum atomic E-state index is 11.6. The van der Waals surface area contributed by atoms with Crippen LogP contribution in [0.3, 0.4) is 0 Å². The Morgan fingerprint density at radius 3 is 1.68 bits per heavy atom. The van der Waals surface area contributed by atoms with Gasteiger partial charge in [0.2, 0.25) is 0 Å². The molecule has 0 aromatic rings.